The van der Waals surface area contributed by atoms with Crippen LogP contribution in [0.3, 0.4) is 0 Å². The number of rotatable bonds is 4. The van der Waals surface area contributed by atoms with Crippen LogP contribution in [-0.2, 0) is 22.7 Å². The first-order valence-electron chi connectivity index (χ1n) is 4.95. The molecule has 2 aromatic rings. The molecule has 0 fully saturated rings. The van der Waals surface area contributed by atoms with E-state index in [9.17, 15) is 21.6 Å². The van der Waals surface area contributed by atoms with E-state index < -0.39 is 21.9 Å². The SMILES string of the molecule is O=S(=O)(NCc1nc(C(F)(F)F)cs1)c1ccc(Cl)s1. The largest absolute Gasteiger partial charge is 0.434 e. The molecule has 2 rings (SSSR count). The third-order valence-electron chi connectivity index (χ3n) is 2.07. The molecule has 0 amide bonds. The van der Waals surface area contributed by atoms with Crippen molar-refractivity contribution in [1.29, 1.82) is 0 Å². The second kappa shape index (κ2) is 5.60. The normalized spacial score (nSPS) is 12.8. The van der Waals surface area contributed by atoms with Crippen molar-refractivity contribution in [3.63, 3.8) is 0 Å². The number of nitrogens with zero attached hydrogens (tertiary/aromatic N) is 1. The second-order valence-electron chi connectivity index (χ2n) is 3.51. The summed E-state index contributed by atoms with van der Waals surface area (Å²) < 4.78 is 63.1. The number of hydrogen-bond donors (Lipinski definition) is 1. The van der Waals surface area contributed by atoms with Gasteiger partial charge in [0.2, 0.25) is 10.0 Å². The zero-order chi connectivity index (χ0) is 15.0. The number of halogens is 4. The van der Waals surface area contributed by atoms with Gasteiger partial charge in [0.15, 0.2) is 5.69 Å². The summed E-state index contributed by atoms with van der Waals surface area (Å²) in [6.45, 7) is -0.307. The minimum atomic E-state index is -4.53. The van der Waals surface area contributed by atoms with Gasteiger partial charge in [0.05, 0.1) is 10.9 Å². The first kappa shape index (κ1) is 15.7. The fourth-order valence-electron chi connectivity index (χ4n) is 1.19. The van der Waals surface area contributed by atoms with Crippen molar-refractivity contribution in [1.82, 2.24) is 9.71 Å². The van der Waals surface area contributed by atoms with E-state index in [-0.39, 0.29) is 15.8 Å². The highest BCUT2D eigenvalue weighted by Crippen LogP contribution is 2.30. The van der Waals surface area contributed by atoms with Crippen LogP contribution < -0.4 is 4.72 Å². The second-order valence-corrected chi connectivity index (χ2v) is 8.16. The van der Waals surface area contributed by atoms with Crippen molar-refractivity contribution in [2.45, 2.75) is 16.9 Å². The number of aromatic nitrogens is 1. The molecule has 0 aliphatic carbocycles. The lowest BCUT2D eigenvalue weighted by molar-refractivity contribution is -0.140. The average molecular weight is 363 g/mol. The van der Waals surface area contributed by atoms with Crippen LogP contribution >= 0.6 is 34.3 Å². The van der Waals surface area contributed by atoms with E-state index in [1.165, 1.54) is 12.1 Å². The van der Waals surface area contributed by atoms with Gasteiger partial charge in [-0.15, -0.1) is 22.7 Å². The zero-order valence-corrected chi connectivity index (χ0v) is 12.6. The maximum Gasteiger partial charge on any atom is 0.434 e. The quantitative estimate of drug-likeness (QED) is 0.907. The molecule has 4 nitrogen and oxygen atoms in total. The first-order valence-corrected chi connectivity index (χ1v) is 8.51. The molecule has 0 saturated carbocycles. The van der Waals surface area contributed by atoms with Crippen LogP contribution in [0.25, 0.3) is 0 Å². The van der Waals surface area contributed by atoms with Gasteiger partial charge in [-0.25, -0.2) is 18.1 Å². The number of thiazole rings is 1. The van der Waals surface area contributed by atoms with Crippen LogP contribution in [0.2, 0.25) is 4.34 Å². The van der Waals surface area contributed by atoms with Crippen molar-refractivity contribution in [2.24, 2.45) is 0 Å². The zero-order valence-electron chi connectivity index (χ0n) is 9.44. The molecule has 2 aromatic heterocycles. The molecule has 0 spiro atoms. The Bertz CT molecular complexity index is 708. The molecule has 2 heterocycles. The van der Waals surface area contributed by atoms with Crippen LogP contribution in [0, 0.1) is 0 Å². The van der Waals surface area contributed by atoms with Crippen LogP contribution in [0.5, 0.6) is 0 Å². The summed E-state index contributed by atoms with van der Waals surface area (Å²) in [7, 11) is -3.79. The molecule has 20 heavy (non-hydrogen) atoms. The molecule has 1 N–H and O–H groups in total. The minimum absolute atomic E-state index is 0.00454. The Morgan fingerprint density at radius 3 is 2.55 bits per heavy atom. The topological polar surface area (TPSA) is 59.1 Å². The van der Waals surface area contributed by atoms with Gasteiger partial charge in [-0.1, -0.05) is 11.6 Å². The molecule has 0 radical (unpaired) electrons. The lowest BCUT2D eigenvalue weighted by Crippen LogP contribution is -2.22. The number of alkyl halides is 3. The highest BCUT2D eigenvalue weighted by molar-refractivity contribution is 7.91. The third-order valence-corrected chi connectivity index (χ3v) is 6.04. The summed E-state index contributed by atoms with van der Waals surface area (Å²) >= 11 is 7.22. The van der Waals surface area contributed by atoms with Crippen LogP contribution in [-0.4, -0.2) is 13.4 Å². The van der Waals surface area contributed by atoms with E-state index in [2.05, 4.69) is 9.71 Å². The molecule has 11 heteroatoms. The average Bonchev–Trinajstić information content (AvgIpc) is 2.94. The van der Waals surface area contributed by atoms with E-state index in [1.807, 2.05) is 0 Å². The van der Waals surface area contributed by atoms with E-state index in [0.29, 0.717) is 4.34 Å². The van der Waals surface area contributed by atoms with Crippen molar-refractivity contribution >= 4 is 44.3 Å². The standard InChI is InChI=1S/C9H6ClF3N2O2S3/c10-6-1-2-8(19-6)20(16,17)14-3-7-15-5(4-18-7)9(11,12)13/h1-2,4,14H,3H2. The van der Waals surface area contributed by atoms with Crippen molar-refractivity contribution in [3.8, 4) is 0 Å². The van der Waals surface area contributed by atoms with Crippen molar-refractivity contribution < 1.29 is 21.6 Å². The highest BCUT2D eigenvalue weighted by atomic mass is 35.5. The summed E-state index contributed by atoms with van der Waals surface area (Å²) in [4.78, 5) is 3.33. The molecule has 0 saturated heterocycles. The fraction of sp³-hybridized carbons (Fsp3) is 0.222. The van der Waals surface area contributed by atoms with Crippen LogP contribution in [0.4, 0.5) is 13.2 Å². The number of hydrogen-bond acceptors (Lipinski definition) is 5. The molecule has 110 valence electrons. The van der Waals surface area contributed by atoms with Gasteiger partial charge in [0.25, 0.3) is 0 Å². The lowest BCUT2D eigenvalue weighted by Gasteiger charge is -2.02. The lowest BCUT2D eigenvalue weighted by atomic mass is 10.5. The molecule has 0 unspecified atom stereocenters. The number of sulfonamides is 1. The molecule has 0 aliphatic heterocycles. The third kappa shape index (κ3) is 3.70. The van der Waals surface area contributed by atoms with Crippen molar-refractivity contribution in [2.75, 3.05) is 0 Å². The van der Waals surface area contributed by atoms with Crippen LogP contribution in [0.15, 0.2) is 21.7 Å². The molecule has 0 bridgehead atoms. The smallest absolute Gasteiger partial charge is 0.235 e. The Kier molecular flexibility index (Phi) is 4.40. The highest BCUT2D eigenvalue weighted by Gasteiger charge is 2.33. The Hall–Kier alpha value is -0.680. The monoisotopic (exact) mass is 362 g/mol. The van der Waals surface area contributed by atoms with Gasteiger partial charge in [0, 0.05) is 5.38 Å². The summed E-state index contributed by atoms with van der Waals surface area (Å²) in [5, 5.41) is 0.870. The molecule has 0 aliphatic rings. The number of nitrogens with one attached hydrogen (secondary N) is 1. The van der Waals surface area contributed by atoms with E-state index >= 15 is 0 Å². The van der Waals surface area contributed by atoms with Gasteiger partial charge in [0.1, 0.15) is 9.22 Å². The van der Waals surface area contributed by atoms with Crippen LogP contribution in [0.1, 0.15) is 10.7 Å². The first-order chi connectivity index (χ1) is 9.18. The predicted octanol–water partition coefficient (Wildman–Crippen LogP) is 3.36. The Morgan fingerprint density at radius 1 is 1.35 bits per heavy atom. The minimum Gasteiger partial charge on any atom is -0.235 e. The van der Waals surface area contributed by atoms with Gasteiger partial charge in [-0.05, 0) is 12.1 Å². The summed E-state index contributed by atoms with van der Waals surface area (Å²) in [6.07, 6.45) is -4.53. The fourth-order valence-corrected chi connectivity index (χ4v) is 4.54. The van der Waals surface area contributed by atoms with E-state index in [1.54, 1.807) is 0 Å². The Morgan fingerprint density at radius 2 is 2.05 bits per heavy atom. The Balaban J connectivity index is 2.07. The maximum atomic E-state index is 12.3. The summed E-state index contributed by atoms with van der Waals surface area (Å²) in [6, 6.07) is 2.74. The molecular formula is C9H6ClF3N2O2S3. The van der Waals surface area contributed by atoms with E-state index in [0.717, 1.165) is 28.1 Å². The summed E-state index contributed by atoms with van der Waals surface area (Å²) in [5.41, 5.74) is -1.03. The summed E-state index contributed by atoms with van der Waals surface area (Å²) in [5.74, 6) is 0. The van der Waals surface area contributed by atoms with Gasteiger partial charge in [-0.2, -0.15) is 13.2 Å². The predicted molar refractivity (Wildman–Crippen MR) is 70.5 cm³/mol. The number of thiophene rings is 1. The molecular weight excluding hydrogens is 357 g/mol. The molecule has 0 atom stereocenters. The van der Waals surface area contributed by atoms with Crippen molar-refractivity contribution in [3.05, 3.63) is 32.6 Å². The maximum absolute atomic E-state index is 12.3. The van der Waals surface area contributed by atoms with Gasteiger partial charge >= 0.3 is 6.18 Å². The van der Waals surface area contributed by atoms with Gasteiger partial charge < -0.3 is 0 Å². The Labute approximate surface area is 125 Å². The van der Waals surface area contributed by atoms with E-state index in [4.69, 9.17) is 11.6 Å². The van der Waals surface area contributed by atoms with Gasteiger partial charge in [-0.3, -0.25) is 0 Å². The molecule has 0 aromatic carbocycles.